The summed E-state index contributed by atoms with van der Waals surface area (Å²) < 4.78 is 0. The van der Waals surface area contributed by atoms with Crippen LogP contribution in [0.15, 0.2) is 140 Å². The lowest BCUT2D eigenvalue weighted by Crippen LogP contribution is -2.37. The van der Waals surface area contributed by atoms with E-state index >= 15 is 0 Å². The number of hydrogen-bond acceptors (Lipinski definition) is 2. The Morgan fingerprint density at radius 3 is 1.40 bits per heavy atom. The molecule has 0 saturated carbocycles. The maximum absolute atomic E-state index is 5.02. The van der Waals surface area contributed by atoms with Crippen LogP contribution < -0.4 is 5.19 Å². The van der Waals surface area contributed by atoms with Gasteiger partial charge in [0.25, 0.3) is 0 Å². The minimum absolute atomic E-state index is 0.728. The topological polar surface area (TPSA) is 25.8 Å². The van der Waals surface area contributed by atoms with Gasteiger partial charge >= 0.3 is 0 Å². The number of rotatable bonds is 6. The molecule has 0 N–H and O–H groups in total. The molecule has 6 aromatic rings. The van der Waals surface area contributed by atoms with Gasteiger partial charge in [-0.15, -0.1) is 0 Å². The van der Waals surface area contributed by atoms with Gasteiger partial charge in [0.2, 0.25) is 0 Å². The smallest absolute Gasteiger partial charge is 0.160 e. The van der Waals surface area contributed by atoms with E-state index in [9.17, 15) is 0 Å². The summed E-state index contributed by atoms with van der Waals surface area (Å²) in [6, 6.07) is 49.2. The first kappa shape index (κ1) is 25.7. The maximum Gasteiger partial charge on any atom is 0.160 e. The molecule has 0 spiro atoms. The molecule has 0 fully saturated rings. The van der Waals surface area contributed by atoms with Crippen molar-refractivity contribution in [2.75, 3.05) is 0 Å². The zero-order valence-corrected chi connectivity index (χ0v) is 24.2. The van der Waals surface area contributed by atoms with Crippen molar-refractivity contribution in [3.05, 3.63) is 140 Å². The van der Waals surface area contributed by atoms with Gasteiger partial charge in [-0.3, -0.25) is 0 Å². The van der Waals surface area contributed by atoms with Gasteiger partial charge in [0, 0.05) is 16.7 Å². The van der Waals surface area contributed by atoms with Crippen molar-refractivity contribution >= 4 is 13.3 Å². The summed E-state index contributed by atoms with van der Waals surface area (Å²) in [6.07, 6.45) is 0. The lowest BCUT2D eigenvalue weighted by molar-refractivity contribution is 1.18. The van der Waals surface area contributed by atoms with E-state index in [2.05, 4.69) is 123 Å². The van der Waals surface area contributed by atoms with Crippen molar-refractivity contribution in [3.8, 4) is 56.2 Å². The van der Waals surface area contributed by atoms with Crippen molar-refractivity contribution < 1.29 is 0 Å². The highest BCUT2D eigenvalue weighted by atomic mass is 28.3. The lowest BCUT2D eigenvalue weighted by Gasteiger charge is -2.17. The molecule has 194 valence electrons. The van der Waals surface area contributed by atoms with Gasteiger partial charge in [0.1, 0.15) is 0 Å². The Balaban J connectivity index is 1.39. The van der Waals surface area contributed by atoms with Gasteiger partial charge in [-0.05, 0) is 40.5 Å². The molecule has 1 aromatic heterocycles. The first-order chi connectivity index (χ1) is 19.4. The Kier molecular flexibility index (Phi) is 6.98. The van der Waals surface area contributed by atoms with Gasteiger partial charge in [-0.2, -0.15) is 0 Å². The molecule has 0 atom stereocenters. The van der Waals surface area contributed by atoms with Gasteiger partial charge in [0.15, 0.2) is 5.82 Å². The van der Waals surface area contributed by atoms with Crippen LogP contribution >= 0.6 is 0 Å². The van der Waals surface area contributed by atoms with E-state index in [1.807, 2.05) is 36.4 Å². The summed E-state index contributed by atoms with van der Waals surface area (Å²) in [7, 11) is -1.32. The summed E-state index contributed by atoms with van der Waals surface area (Å²) in [5.74, 6) is 0.728. The molecule has 3 heteroatoms. The second kappa shape index (κ2) is 10.9. The third-order valence-corrected chi connectivity index (χ3v) is 9.33. The van der Waals surface area contributed by atoms with Crippen molar-refractivity contribution in [3.63, 3.8) is 0 Å². The third kappa shape index (κ3) is 5.56. The number of nitrogens with zero attached hydrogens (tertiary/aromatic N) is 2. The Hall–Kier alpha value is -4.60. The summed E-state index contributed by atoms with van der Waals surface area (Å²) in [5.41, 5.74) is 9.80. The van der Waals surface area contributed by atoms with Crippen LogP contribution in [0.25, 0.3) is 56.2 Å². The predicted octanol–water partition coefficient (Wildman–Crippen LogP) is 9.36. The van der Waals surface area contributed by atoms with Crippen LogP contribution in [0.5, 0.6) is 0 Å². The normalized spacial score (nSPS) is 11.4. The van der Waals surface area contributed by atoms with Crippen LogP contribution in [0.4, 0.5) is 0 Å². The third-order valence-electron chi connectivity index (χ3n) is 7.27. The number of aromatic nitrogens is 2. The van der Waals surface area contributed by atoms with E-state index in [4.69, 9.17) is 9.97 Å². The largest absolute Gasteiger partial charge is 0.228 e. The summed E-state index contributed by atoms with van der Waals surface area (Å²) in [6.45, 7) is 7.16. The maximum atomic E-state index is 5.02. The van der Waals surface area contributed by atoms with Crippen molar-refractivity contribution in [2.24, 2.45) is 0 Å². The Morgan fingerprint density at radius 1 is 0.375 bits per heavy atom. The summed E-state index contributed by atoms with van der Waals surface area (Å²) >= 11 is 0. The molecule has 0 aliphatic heterocycles. The van der Waals surface area contributed by atoms with E-state index in [1.165, 1.54) is 27.4 Å². The molecular weight excluding hydrogens is 501 g/mol. The average Bonchev–Trinajstić information content (AvgIpc) is 3.01. The monoisotopic (exact) mass is 532 g/mol. The quantitative estimate of drug-likeness (QED) is 0.200. The first-order valence-corrected chi connectivity index (χ1v) is 17.3. The fourth-order valence-electron chi connectivity index (χ4n) is 4.97. The average molecular weight is 533 g/mol. The molecule has 0 saturated heterocycles. The molecular formula is C37H32N2Si. The Bertz CT molecular complexity index is 1700. The second-order valence-corrected chi connectivity index (χ2v) is 16.3. The molecule has 0 aliphatic rings. The Labute approximate surface area is 238 Å². The molecule has 0 amide bonds. The van der Waals surface area contributed by atoms with E-state index in [-0.39, 0.29) is 0 Å². The number of hydrogen-bond donors (Lipinski definition) is 0. The van der Waals surface area contributed by atoms with Gasteiger partial charge in [-0.25, -0.2) is 9.97 Å². The fourth-order valence-corrected chi connectivity index (χ4v) is 6.13. The van der Waals surface area contributed by atoms with Gasteiger partial charge < -0.3 is 0 Å². The second-order valence-electron chi connectivity index (χ2n) is 11.2. The van der Waals surface area contributed by atoms with Gasteiger partial charge in [-0.1, -0.05) is 146 Å². The van der Waals surface area contributed by atoms with Crippen LogP contribution in [0, 0.1) is 0 Å². The van der Waals surface area contributed by atoms with E-state index in [1.54, 1.807) is 0 Å². The predicted molar refractivity (Wildman–Crippen MR) is 172 cm³/mol. The summed E-state index contributed by atoms with van der Waals surface area (Å²) in [4.78, 5) is 9.96. The molecule has 1 heterocycles. The van der Waals surface area contributed by atoms with E-state index < -0.39 is 8.07 Å². The molecule has 5 aromatic carbocycles. The van der Waals surface area contributed by atoms with Crippen LogP contribution in [0.2, 0.25) is 19.6 Å². The fraction of sp³-hybridized carbons (Fsp3) is 0.0811. The zero-order chi connectivity index (χ0) is 27.5. The van der Waals surface area contributed by atoms with Crippen LogP contribution in [0.1, 0.15) is 0 Å². The minimum atomic E-state index is -1.32. The first-order valence-electron chi connectivity index (χ1n) is 13.8. The lowest BCUT2D eigenvalue weighted by atomic mass is 9.97. The summed E-state index contributed by atoms with van der Waals surface area (Å²) in [5, 5.41) is 1.48. The van der Waals surface area contributed by atoms with Crippen LogP contribution in [-0.2, 0) is 0 Å². The van der Waals surface area contributed by atoms with Gasteiger partial charge in [0.05, 0.1) is 19.5 Å². The molecule has 6 rings (SSSR count). The SMILES string of the molecule is C[Si](C)(C)c1ccc(-c2cccc(-c3cccc(-c4cc(-c5ccccc5)nc(-c5ccccc5)n4)c3)c2)cc1. The molecule has 0 bridgehead atoms. The van der Waals surface area contributed by atoms with Crippen LogP contribution in [0.3, 0.4) is 0 Å². The Morgan fingerprint density at radius 2 is 0.825 bits per heavy atom. The molecule has 0 radical (unpaired) electrons. The standard InChI is InChI=1S/C37H32N2Si/c1-40(2,3)34-22-20-27(21-23-34)30-16-10-17-31(24-30)32-18-11-19-33(25-32)36-26-35(28-12-6-4-7-13-28)38-37(39-36)29-14-8-5-9-15-29/h4-26H,1-3H3. The molecule has 0 aliphatic carbocycles. The van der Waals surface area contributed by atoms with Crippen molar-refractivity contribution in [2.45, 2.75) is 19.6 Å². The highest BCUT2D eigenvalue weighted by Crippen LogP contribution is 2.31. The van der Waals surface area contributed by atoms with Crippen molar-refractivity contribution in [1.29, 1.82) is 0 Å². The van der Waals surface area contributed by atoms with E-state index in [0.29, 0.717) is 0 Å². The highest BCUT2D eigenvalue weighted by molar-refractivity contribution is 6.88. The molecule has 2 nitrogen and oxygen atoms in total. The molecule has 40 heavy (non-hydrogen) atoms. The molecule has 0 unspecified atom stereocenters. The highest BCUT2D eigenvalue weighted by Gasteiger charge is 2.16. The van der Waals surface area contributed by atoms with E-state index in [0.717, 1.165) is 33.9 Å². The zero-order valence-electron chi connectivity index (χ0n) is 23.2. The van der Waals surface area contributed by atoms with Crippen LogP contribution in [-0.4, -0.2) is 18.0 Å². The minimum Gasteiger partial charge on any atom is -0.228 e. The van der Waals surface area contributed by atoms with Crippen molar-refractivity contribution in [1.82, 2.24) is 9.97 Å². The number of benzene rings is 5.